The molecule has 0 aliphatic heterocycles. The van der Waals surface area contributed by atoms with Crippen molar-refractivity contribution in [2.24, 2.45) is 4.99 Å². The van der Waals surface area contributed by atoms with Gasteiger partial charge in [-0.2, -0.15) is 0 Å². The molecular formula is C23H21NOS. The summed E-state index contributed by atoms with van der Waals surface area (Å²) in [5, 5.41) is 0.913. The zero-order valence-electron chi connectivity index (χ0n) is 14.9. The lowest BCUT2D eigenvalue weighted by Crippen LogP contribution is -1.97. The Kier molecular flexibility index (Phi) is 6.29. The molecule has 0 unspecified atom stereocenters. The Morgan fingerprint density at radius 2 is 1.46 bits per heavy atom. The van der Waals surface area contributed by atoms with Crippen molar-refractivity contribution in [1.82, 2.24) is 0 Å². The first-order valence-corrected chi connectivity index (χ1v) is 9.29. The number of thioether (sulfide) groups is 1. The zero-order chi connectivity index (χ0) is 18.2. The second-order valence-electron chi connectivity index (χ2n) is 5.90. The quantitative estimate of drug-likeness (QED) is 0.216. The number of hydrogen-bond donors (Lipinski definition) is 0. The van der Waals surface area contributed by atoms with Crippen LogP contribution < -0.4 is 4.74 Å². The number of ether oxygens (including phenoxy) is 1. The van der Waals surface area contributed by atoms with E-state index in [1.807, 2.05) is 67.6 Å². The molecule has 0 fully saturated rings. The van der Waals surface area contributed by atoms with Crippen LogP contribution >= 0.6 is 11.8 Å². The summed E-state index contributed by atoms with van der Waals surface area (Å²) in [6.45, 7) is 4.11. The van der Waals surface area contributed by atoms with Crippen molar-refractivity contribution in [2.75, 3.05) is 0 Å². The van der Waals surface area contributed by atoms with E-state index in [9.17, 15) is 0 Å². The van der Waals surface area contributed by atoms with E-state index in [1.165, 1.54) is 5.56 Å². The number of aliphatic imine (C=N–C) groups is 1. The summed E-state index contributed by atoms with van der Waals surface area (Å²) in [5.41, 5.74) is 3.15. The molecule has 0 spiro atoms. The molecule has 3 heteroatoms. The van der Waals surface area contributed by atoms with Gasteiger partial charge in [-0.25, -0.2) is 4.99 Å². The highest BCUT2D eigenvalue weighted by Crippen LogP contribution is 2.27. The van der Waals surface area contributed by atoms with Crippen LogP contribution in [0.15, 0.2) is 107 Å². The summed E-state index contributed by atoms with van der Waals surface area (Å²) < 4.78 is 5.79. The summed E-state index contributed by atoms with van der Waals surface area (Å²) in [5.74, 6) is 0.811. The van der Waals surface area contributed by atoms with E-state index in [4.69, 9.17) is 9.73 Å². The number of aryl methyl sites for hydroxylation is 1. The second kappa shape index (κ2) is 9.07. The molecule has 0 bridgehead atoms. The fourth-order valence-corrected chi connectivity index (χ4v) is 3.09. The number of rotatable bonds is 5. The maximum Gasteiger partial charge on any atom is 0.126 e. The molecule has 3 aromatic carbocycles. The highest BCUT2D eigenvalue weighted by Gasteiger charge is 2.07. The average molecular weight is 359 g/mol. The summed E-state index contributed by atoms with van der Waals surface area (Å²) >= 11 is 1.64. The molecule has 0 aromatic heterocycles. The van der Waals surface area contributed by atoms with Gasteiger partial charge in [0.05, 0.1) is 11.9 Å². The van der Waals surface area contributed by atoms with E-state index in [-0.39, 0.29) is 0 Å². The van der Waals surface area contributed by atoms with Crippen molar-refractivity contribution in [2.45, 2.75) is 18.7 Å². The fourth-order valence-electron chi connectivity index (χ4n) is 2.24. The molecule has 0 N–H and O–H groups in total. The molecule has 0 atom stereocenters. The highest BCUT2D eigenvalue weighted by molar-refractivity contribution is 8.14. The minimum absolute atomic E-state index is 0.811. The topological polar surface area (TPSA) is 21.6 Å². The lowest BCUT2D eigenvalue weighted by Gasteiger charge is -2.08. The Bertz CT molecular complexity index is 885. The minimum atomic E-state index is 0.811. The van der Waals surface area contributed by atoms with Crippen molar-refractivity contribution in [1.29, 1.82) is 0 Å². The Balaban J connectivity index is 1.86. The first kappa shape index (κ1) is 18.0. The van der Waals surface area contributed by atoms with Crippen molar-refractivity contribution < 1.29 is 4.74 Å². The summed E-state index contributed by atoms with van der Waals surface area (Å²) in [6, 6.07) is 28.2. The molecule has 26 heavy (non-hydrogen) atoms. The van der Waals surface area contributed by atoms with Gasteiger partial charge in [0.15, 0.2) is 0 Å². The van der Waals surface area contributed by atoms with Crippen LogP contribution in [0.3, 0.4) is 0 Å². The van der Waals surface area contributed by atoms with Crippen LogP contribution in [0, 0.1) is 6.92 Å². The maximum atomic E-state index is 5.79. The van der Waals surface area contributed by atoms with Gasteiger partial charge < -0.3 is 4.74 Å². The van der Waals surface area contributed by atoms with Gasteiger partial charge in [-0.3, -0.25) is 0 Å². The third-order valence-corrected chi connectivity index (χ3v) is 4.79. The zero-order valence-corrected chi connectivity index (χ0v) is 15.7. The smallest absolute Gasteiger partial charge is 0.126 e. The fraction of sp³-hybridized carbons (Fsp3) is 0.0870. The number of para-hydroxylation sites is 2. The van der Waals surface area contributed by atoms with Gasteiger partial charge in [-0.05, 0) is 50.2 Å². The van der Waals surface area contributed by atoms with Crippen LogP contribution in [-0.4, -0.2) is 5.04 Å². The number of benzene rings is 3. The van der Waals surface area contributed by atoms with E-state index < -0.39 is 0 Å². The normalized spacial score (nSPS) is 12.1. The molecule has 3 rings (SSSR count). The average Bonchev–Trinajstić information content (AvgIpc) is 2.69. The van der Waals surface area contributed by atoms with Gasteiger partial charge in [0.25, 0.3) is 0 Å². The van der Waals surface area contributed by atoms with Gasteiger partial charge in [-0.1, -0.05) is 65.9 Å². The van der Waals surface area contributed by atoms with Gasteiger partial charge in [0.1, 0.15) is 10.8 Å². The molecule has 0 radical (unpaired) electrons. The lowest BCUT2D eigenvalue weighted by atomic mass is 10.2. The van der Waals surface area contributed by atoms with Gasteiger partial charge in [-0.15, -0.1) is 0 Å². The largest absolute Gasteiger partial charge is 0.465 e. The van der Waals surface area contributed by atoms with Crippen LogP contribution in [0.2, 0.25) is 0 Å². The van der Waals surface area contributed by atoms with E-state index in [0.29, 0.717) is 0 Å². The van der Waals surface area contributed by atoms with E-state index in [2.05, 4.69) is 31.2 Å². The van der Waals surface area contributed by atoms with Crippen LogP contribution in [0.1, 0.15) is 12.5 Å². The maximum absolute atomic E-state index is 5.79. The molecule has 3 aromatic rings. The van der Waals surface area contributed by atoms with E-state index in [1.54, 1.807) is 18.0 Å². The van der Waals surface area contributed by atoms with Crippen LogP contribution in [0.5, 0.6) is 5.75 Å². The Morgan fingerprint density at radius 3 is 2.12 bits per heavy atom. The SMILES string of the molecule is C/C(=C\Oc1ccccc1)C(=Nc1ccccc1)Sc1ccc(C)cc1. The van der Waals surface area contributed by atoms with E-state index in [0.717, 1.165) is 26.9 Å². The van der Waals surface area contributed by atoms with E-state index >= 15 is 0 Å². The molecule has 2 nitrogen and oxygen atoms in total. The molecule has 0 heterocycles. The van der Waals surface area contributed by atoms with Gasteiger partial charge in [0.2, 0.25) is 0 Å². The molecule has 0 saturated heterocycles. The van der Waals surface area contributed by atoms with Crippen LogP contribution in [0.4, 0.5) is 5.69 Å². The third-order valence-electron chi connectivity index (χ3n) is 3.67. The summed E-state index contributed by atoms with van der Waals surface area (Å²) in [6.07, 6.45) is 1.76. The number of nitrogens with zero attached hydrogens (tertiary/aromatic N) is 1. The van der Waals surface area contributed by atoms with Crippen molar-refractivity contribution in [3.8, 4) is 5.75 Å². The molecule has 0 amide bonds. The highest BCUT2D eigenvalue weighted by atomic mass is 32.2. The first-order chi connectivity index (χ1) is 12.7. The Hall–Kier alpha value is -2.78. The molecular weight excluding hydrogens is 338 g/mol. The van der Waals surface area contributed by atoms with Crippen LogP contribution in [-0.2, 0) is 0 Å². The Morgan fingerprint density at radius 1 is 0.846 bits per heavy atom. The predicted molar refractivity (Wildman–Crippen MR) is 111 cm³/mol. The molecule has 0 aliphatic carbocycles. The molecule has 0 aliphatic rings. The monoisotopic (exact) mass is 359 g/mol. The lowest BCUT2D eigenvalue weighted by molar-refractivity contribution is 0.478. The minimum Gasteiger partial charge on any atom is -0.465 e. The Labute approximate surface area is 159 Å². The van der Waals surface area contributed by atoms with Gasteiger partial charge in [0, 0.05) is 10.5 Å². The molecule has 0 saturated carbocycles. The molecule has 130 valence electrons. The van der Waals surface area contributed by atoms with Crippen molar-refractivity contribution in [3.63, 3.8) is 0 Å². The number of hydrogen-bond acceptors (Lipinski definition) is 3. The predicted octanol–water partition coefficient (Wildman–Crippen LogP) is 6.80. The van der Waals surface area contributed by atoms with Crippen molar-refractivity contribution >= 4 is 22.5 Å². The first-order valence-electron chi connectivity index (χ1n) is 8.48. The summed E-state index contributed by atoms with van der Waals surface area (Å²) in [4.78, 5) is 5.97. The standard InChI is InChI=1S/C23H21NOS/c1-18-13-15-22(16-14-18)26-23(24-20-9-5-3-6-10-20)19(2)17-25-21-11-7-4-8-12-21/h3-17H,1-2H3/b19-17+,24-23?. The third kappa shape index (κ3) is 5.36. The second-order valence-corrected chi connectivity index (χ2v) is 6.96. The van der Waals surface area contributed by atoms with Crippen molar-refractivity contribution in [3.05, 3.63) is 102 Å². The summed E-state index contributed by atoms with van der Waals surface area (Å²) in [7, 11) is 0. The van der Waals surface area contributed by atoms with Gasteiger partial charge >= 0.3 is 0 Å². The van der Waals surface area contributed by atoms with Crippen LogP contribution in [0.25, 0.3) is 0 Å².